The Bertz CT molecular complexity index is 1030. The van der Waals surface area contributed by atoms with E-state index < -0.39 is 6.10 Å². The van der Waals surface area contributed by atoms with Crippen molar-refractivity contribution in [2.45, 2.75) is 349 Å². The number of hydrogen-bond acceptors (Lipinski definition) is 6. The average molecular weight is 948 g/mol. The summed E-state index contributed by atoms with van der Waals surface area (Å²) in [6, 6.07) is 0. The minimum absolute atomic E-state index is 0.0626. The first kappa shape index (κ1) is 65.4. The lowest BCUT2D eigenvalue weighted by atomic mass is 9.99. The molecule has 67 heavy (non-hydrogen) atoms. The van der Waals surface area contributed by atoms with Crippen LogP contribution in [0.25, 0.3) is 0 Å². The van der Waals surface area contributed by atoms with Crippen molar-refractivity contribution in [2.75, 3.05) is 13.2 Å². The molecule has 0 aliphatic carbocycles. The summed E-state index contributed by atoms with van der Waals surface area (Å²) in [4.78, 5) is 38.2. The van der Waals surface area contributed by atoms with Crippen LogP contribution in [0, 0.1) is 11.8 Å². The lowest BCUT2D eigenvalue weighted by Gasteiger charge is -2.18. The lowest BCUT2D eigenvalue weighted by Crippen LogP contribution is -2.30. The predicted molar refractivity (Wildman–Crippen MR) is 289 cm³/mol. The van der Waals surface area contributed by atoms with Gasteiger partial charge < -0.3 is 14.2 Å². The van der Waals surface area contributed by atoms with E-state index >= 15 is 0 Å². The molecule has 0 heterocycles. The zero-order valence-corrected chi connectivity index (χ0v) is 46.0. The van der Waals surface area contributed by atoms with Crippen molar-refractivity contribution in [1.82, 2.24) is 0 Å². The van der Waals surface area contributed by atoms with Crippen molar-refractivity contribution < 1.29 is 28.6 Å². The molecule has 0 fully saturated rings. The maximum absolute atomic E-state index is 12.9. The van der Waals surface area contributed by atoms with Gasteiger partial charge in [0, 0.05) is 19.3 Å². The second-order valence-electron chi connectivity index (χ2n) is 21.7. The Labute approximate surface area is 418 Å². The maximum Gasteiger partial charge on any atom is 0.306 e. The number of rotatable bonds is 55. The Morgan fingerprint density at radius 3 is 0.851 bits per heavy atom. The third kappa shape index (κ3) is 53.6. The third-order valence-electron chi connectivity index (χ3n) is 14.3. The molecule has 0 N–H and O–H groups in total. The molecule has 1 unspecified atom stereocenters. The molecule has 0 amide bonds. The van der Waals surface area contributed by atoms with Gasteiger partial charge in [0.1, 0.15) is 13.2 Å². The quantitative estimate of drug-likeness (QED) is 0.0343. The van der Waals surface area contributed by atoms with Crippen LogP contribution in [0.5, 0.6) is 0 Å². The number of carbonyl (C=O) groups is 3. The molecule has 0 aromatic carbocycles. The second-order valence-corrected chi connectivity index (χ2v) is 21.7. The smallest absolute Gasteiger partial charge is 0.306 e. The van der Waals surface area contributed by atoms with Crippen LogP contribution in [0.1, 0.15) is 343 Å². The Morgan fingerprint density at radius 2 is 0.567 bits per heavy atom. The molecule has 0 aliphatic rings. The van der Waals surface area contributed by atoms with Gasteiger partial charge in [-0.3, -0.25) is 14.4 Å². The predicted octanol–water partition coefficient (Wildman–Crippen LogP) is 20.0. The van der Waals surface area contributed by atoms with Gasteiger partial charge in [0.05, 0.1) is 0 Å². The fraction of sp³-hybridized carbons (Fsp3) is 0.951. The molecule has 0 aliphatic heterocycles. The van der Waals surface area contributed by atoms with E-state index in [1.807, 2.05) is 0 Å². The van der Waals surface area contributed by atoms with Crippen LogP contribution in [0.2, 0.25) is 0 Å². The zero-order chi connectivity index (χ0) is 48.9. The van der Waals surface area contributed by atoms with E-state index in [2.05, 4.69) is 34.6 Å². The maximum atomic E-state index is 12.9. The van der Waals surface area contributed by atoms with Crippen molar-refractivity contribution in [2.24, 2.45) is 11.8 Å². The van der Waals surface area contributed by atoms with Crippen LogP contribution in [0.4, 0.5) is 0 Å². The normalized spacial score (nSPS) is 12.4. The fourth-order valence-electron chi connectivity index (χ4n) is 9.37. The van der Waals surface area contributed by atoms with Crippen molar-refractivity contribution in [3.8, 4) is 0 Å². The molecular weight excluding hydrogens is 829 g/mol. The zero-order valence-electron chi connectivity index (χ0n) is 46.0. The van der Waals surface area contributed by atoms with E-state index in [9.17, 15) is 14.4 Å². The van der Waals surface area contributed by atoms with Gasteiger partial charge in [-0.2, -0.15) is 0 Å². The molecule has 0 rings (SSSR count). The highest BCUT2D eigenvalue weighted by molar-refractivity contribution is 5.71. The molecule has 6 nitrogen and oxygen atoms in total. The largest absolute Gasteiger partial charge is 0.462 e. The van der Waals surface area contributed by atoms with E-state index in [0.29, 0.717) is 19.3 Å². The molecule has 2 atom stereocenters. The highest BCUT2D eigenvalue weighted by atomic mass is 16.6. The van der Waals surface area contributed by atoms with Crippen molar-refractivity contribution in [3.63, 3.8) is 0 Å². The number of carbonyl (C=O) groups excluding carboxylic acids is 3. The van der Waals surface area contributed by atoms with Gasteiger partial charge in [0.15, 0.2) is 6.10 Å². The minimum Gasteiger partial charge on any atom is -0.462 e. The summed E-state index contributed by atoms with van der Waals surface area (Å²) in [6.07, 6.45) is 58.1. The van der Waals surface area contributed by atoms with Crippen molar-refractivity contribution in [1.29, 1.82) is 0 Å². The topological polar surface area (TPSA) is 78.9 Å². The summed E-state index contributed by atoms with van der Waals surface area (Å²) in [6.45, 7) is 11.4. The molecule has 0 radical (unpaired) electrons. The first-order valence-electron chi connectivity index (χ1n) is 30.3. The molecule has 0 saturated heterocycles. The molecule has 0 aromatic rings. The van der Waals surface area contributed by atoms with Gasteiger partial charge in [0.25, 0.3) is 0 Å². The minimum atomic E-state index is -0.763. The third-order valence-corrected chi connectivity index (χ3v) is 14.3. The second kappa shape index (κ2) is 53.8. The first-order valence-corrected chi connectivity index (χ1v) is 30.3. The molecule has 0 bridgehead atoms. The van der Waals surface area contributed by atoms with Crippen LogP contribution in [-0.2, 0) is 28.6 Å². The standard InChI is InChI=1S/C61H118O6/c1-6-8-9-10-11-12-13-14-19-24-27-32-38-43-48-53-61(64)67-58(55-66-60(63)52-47-42-37-33-28-29-34-39-44-49-56(3)4)54-65-59(62)51-46-41-36-31-26-23-21-18-16-15-17-20-22-25-30-35-40-45-50-57(5)7-2/h56-58H,6-55H2,1-5H3/t57?,58-/m0/s1. The SMILES string of the molecule is CCCCCCCCCCCCCCCCCC(=O)O[C@@H](COC(=O)CCCCCCCCCCCCCCCCCCCCC(C)CC)COC(=O)CCCCCCCCCCCC(C)C. The Hall–Kier alpha value is -1.59. The number of hydrogen-bond donors (Lipinski definition) is 0. The molecule has 0 saturated carbocycles. The first-order chi connectivity index (χ1) is 32.8. The molecule has 398 valence electrons. The number of unbranched alkanes of at least 4 members (excludes halogenated alkanes) is 39. The van der Waals surface area contributed by atoms with Crippen LogP contribution < -0.4 is 0 Å². The molecule has 0 spiro atoms. The van der Waals surface area contributed by atoms with Crippen LogP contribution in [-0.4, -0.2) is 37.2 Å². The van der Waals surface area contributed by atoms with Crippen LogP contribution >= 0.6 is 0 Å². The van der Waals surface area contributed by atoms with Gasteiger partial charge in [-0.15, -0.1) is 0 Å². The van der Waals surface area contributed by atoms with Gasteiger partial charge in [-0.25, -0.2) is 0 Å². The van der Waals surface area contributed by atoms with Gasteiger partial charge in [-0.1, -0.05) is 304 Å². The van der Waals surface area contributed by atoms with Gasteiger partial charge >= 0.3 is 17.9 Å². The van der Waals surface area contributed by atoms with E-state index in [-0.39, 0.29) is 31.1 Å². The van der Waals surface area contributed by atoms with Crippen molar-refractivity contribution in [3.05, 3.63) is 0 Å². The highest BCUT2D eigenvalue weighted by Gasteiger charge is 2.19. The molecule has 0 aromatic heterocycles. The van der Waals surface area contributed by atoms with E-state index in [1.165, 1.54) is 231 Å². The Balaban J connectivity index is 4.22. The fourth-order valence-corrected chi connectivity index (χ4v) is 9.37. The monoisotopic (exact) mass is 947 g/mol. The Kier molecular flexibility index (Phi) is 52.5. The number of ether oxygens (including phenoxy) is 3. The van der Waals surface area contributed by atoms with Crippen LogP contribution in [0.15, 0.2) is 0 Å². The lowest BCUT2D eigenvalue weighted by molar-refractivity contribution is -0.167. The molecular formula is C61H118O6. The highest BCUT2D eigenvalue weighted by Crippen LogP contribution is 2.19. The summed E-state index contributed by atoms with van der Waals surface area (Å²) < 4.78 is 16.9. The summed E-state index contributed by atoms with van der Waals surface area (Å²) in [5.41, 5.74) is 0. The average Bonchev–Trinajstić information content (AvgIpc) is 3.31. The summed E-state index contributed by atoms with van der Waals surface area (Å²) in [5, 5.41) is 0. The summed E-state index contributed by atoms with van der Waals surface area (Å²) >= 11 is 0. The van der Waals surface area contributed by atoms with E-state index in [4.69, 9.17) is 14.2 Å². The van der Waals surface area contributed by atoms with E-state index in [1.54, 1.807) is 0 Å². The van der Waals surface area contributed by atoms with Crippen LogP contribution in [0.3, 0.4) is 0 Å². The van der Waals surface area contributed by atoms with E-state index in [0.717, 1.165) is 69.6 Å². The summed E-state index contributed by atoms with van der Waals surface area (Å²) in [7, 11) is 0. The summed E-state index contributed by atoms with van der Waals surface area (Å²) in [5.74, 6) is 0.881. The molecule has 6 heteroatoms. The Morgan fingerprint density at radius 1 is 0.313 bits per heavy atom. The van der Waals surface area contributed by atoms with Gasteiger partial charge in [0.2, 0.25) is 0 Å². The number of esters is 3. The van der Waals surface area contributed by atoms with Crippen molar-refractivity contribution >= 4 is 17.9 Å². The van der Waals surface area contributed by atoms with Gasteiger partial charge in [-0.05, 0) is 31.1 Å².